The van der Waals surface area contributed by atoms with Crippen molar-refractivity contribution in [2.75, 3.05) is 13.2 Å². The number of nitrogens with two attached hydrogens (primary N) is 1. The third-order valence-corrected chi connectivity index (χ3v) is 2.65. The Labute approximate surface area is 108 Å². The second kappa shape index (κ2) is 5.93. The molecule has 0 radical (unpaired) electrons. The Morgan fingerprint density at radius 2 is 2.11 bits per heavy atom. The molecule has 0 saturated heterocycles. The quantitative estimate of drug-likeness (QED) is 0.800. The Kier molecular flexibility index (Phi) is 5.05. The van der Waals surface area contributed by atoms with E-state index in [-0.39, 0.29) is 6.61 Å². The van der Waals surface area contributed by atoms with Crippen molar-refractivity contribution in [3.05, 3.63) is 10.3 Å². The fourth-order valence-corrected chi connectivity index (χ4v) is 1.82. The first-order valence-corrected chi connectivity index (χ1v) is 5.59. The van der Waals surface area contributed by atoms with Crippen LogP contribution in [0.15, 0.2) is 4.60 Å². The van der Waals surface area contributed by atoms with Gasteiger partial charge in [-0.3, -0.25) is 0 Å². The number of aryl methyl sites for hydroxylation is 1. The van der Waals surface area contributed by atoms with Crippen LogP contribution in [0.25, 0.3) is 0 Å². The fourth-order valence-electron chi connectivity index (χ4n) is 1.20. The highest BCUT2D eigenvalue weighted by Gasteiger charge is 2.41. The lowest BCUT2D eigenvalue weighted by molar-refractivity contribution is -0.166. The van der Waals surface area contributed by atoms with Crippen molar-refractivity contribution in [2.45, 2.75) is 18.4 Å². The molecule has 2 N–H and O–H groups in total. The van der Waals surface area contributed by atoms with Gasteiger partial charge in [0, 0.05) is 7.05 Å². The highest BCUT2D eigenvalue weighted by Crippen LogP contribution is 2.24. The van der Waals surface area contributed by atoms with Crippen molar-refractivity contribution in [3.63, 3.8) is 0 Å². The van der Waals surface area contributed by atoms with Gasteiger partial charge in [-0.15, -0.1) is 5.10 Å². The molecule has 0 aromatic carbocycles. The number of ether oxygens (including phenoxy) is 1. The van der Waals surface area contributed by atoms with Crippen LogP contribution >= 0.6 is 15.9 Å². The highest BCUT2D eigenvalue weighted by atomic mass is 79.9. The average Bonchev–Trinajstić information content (AvgIpc) is 2.58. The van der Waals surface area contributed by atoms with Crippen molar-refractivity contribution in [2.24, 2.45) is 12.8 Å². The van der Waals surface area contributed by atoms with Gasteiger partial charge in [-0.25, -0.2) is 13.5 Å². The molecule has 1 rings (SSSR count). The molecule has 0 aliphatic heterocycles. The van der Waals surface area contributed by atoms with E-state index >= 15 is 0 Å². The maximum Gasteiger partial charge on any atom is 0.330 e. The zero-order valence-electron chi connectivity index (χ0n) is 9.29. The number of hydrogen-bond acceptors (Lipinski definition) is 4. The Balaban J connectivity index is 2.50. The summed E-state index contributed by atoms with van der Waals surface area (Å²) >= 11 is 3.07. The van der Waals surface area contributed by atoms with Crippen molar-refractivity contribution in [3.8, 4) is 0 Å². The maximum absolute atomic E-state index is 12.5. The lowest BCUT2D eigenvalue weighted by Gasteiger charge is -2.17. The number of hydrogen-bond donors (Lipinski definition) is 1. The van der Waals surface area contributed by atoms with Gasteiger partial charge in [-0.2, -0.15) is 8.78 Å². The molecule has 0 aliphatic rings. The van der Waals surface area contributed by atoms with Gasteiger partial charge < -0.3 is 10.5 Å². The van der Waals surface area contributed by atoms with Gasteiger partial charge in [-0.1, -0.05) is 5.21 Å². The third-order valence-electron chi connectivity index (χ3n) is 2.09. The van der Waals surface area contributed by atoms with Gasteiger partial charge in [0.25, 0.3) is 0 Å². The largest absolute Gasteiger partial charge is 0.373 e. The van der Waals surface area contributed by atoms with Gasteiger partial charge >= 0.3 is 12.3 Å². The summed E-state index contributed by atoms with van der Waals surface area (Å²) in [5.74, 6) is -4.18. The summed E-state index contributed by atoms with van der Waals surface area (Å²) in [6.07, 6.45) is -3.76. The molecule has 1 heterocycles. The predicted octanol–water partition coefficient (Wildman–Crippen LogP) is 1.49. The molecular weight excluding hydrogens is 324 g/mol. The molecular formula is C8H11BrF4N4O. The van der Waals surface area contributed by atoms with E-state index < -0.39 is 25.0 Å². The second-order valence-corrected chi connectivity index (χ2v) is 4.32. The van der Waals surface area contributed by atoms with Crippen LogP contribution in [-0.4, -0.2) is 40.6 Å². The fraction of sp³-hybridized carbons (Fsp3) is 0.750. The molecule has 18 heavy (non-hydrogen) atoms. The molecule has 1 aromatic heterocycles. The predicted molar refractivity (Wildman–Crippen MR) is 57.4 cm³/mol. The van der Waals surface area contributed by atoms with Crippen LogP contribution in [0, 0.1) is 0 Å². The summed E-state index contributed by atoms with van der Waals surface area (Å²) in [7, 11) is 1.56. The first-order chi connectivity index (χ1) is 8.25. The van der Waals surface area contributed by atoms with Crippen LogP contribution in [-0.2, 0) is 11.8 Å². The summed E-state index contributed by atoms with van der Waals surface area (Å²) in [5, 5.41) is 7.29. The molecule has 0 fully saturated rings. The van der Waals surface area contributed by atoms with Crippen LogP contribution in [0.3, 0.4) is 0 Å². The molecule has 104 valence electrons. The first-order valence-electron chi connectivity index (χ1n) is 4.80. The minimum atomic E-state index is -4.18. The summed E-state index contributed by atoms with van der Waals surface area (Å²) in [6.45, 7) is -1.73. The van der Waals surface area contributed by atoms with E-state index in [4.69, 9.17) is 5.73 Å². The Hall–Kier alpha value is -0.740. The number of alkyl halides is 4. The SMILES string of the molecule is Cn1nnc(Br)c1C(N)COCC(F)(F)C(F)F. The van der Waals surface area contributed by atoms with Crippen LogP contribution in [0.5, 0.6) is 0 Å². The van der Waals surface area contributed by atoms with E-state index in [1.807, 2.05) is 0 Å². The summed E-state index contributed by atoms with van der Waals surface area (Å²) in [5.41, 5.74) is 6.08. The van der Waals surface area contributed by atoms with Gasteiger partial charge in [0.05, 0.1) is 18.3 Å². The number of halogens is 5. The Morgan fingerprint density at radius 3 is 2.56 bits per heavy atom. The van der Waals surface area contributed by atoms with Crippen molar-refractivity contribution in [1.29, 1.82) is 0 Å². The minimum absolute atomic E-state index is 0.345. The number of rotatable bonds is 6. The highest BCUT2D eigenvalue weighted by molar-refractivity contribution is 9.10. The van der Waals surface area contributed by atoms with Crippen LogP contribution < -0.4 is 5.73 Å². The van der Waals surface area contributed by atoms with Crippen LogP contribution in [0.1, 0.15) is 11.7 Å². The van der Waals surface area contributed by atoms with E-state index in [1.165, 1.54) is 4.68 Å². The molecule has 1 unspecified atom stereocenters. The minimum Gasteiger partial charge on any atom is -0.373 e. The van der Waals surface area contributed by atoms with Crippen molar-refractivity contribution in [1.82, 2.24) is 15.0 Å². The second-order valence-electron chi connectivity index (χ2n) is 3.57. The lowest BCUT2D eigenvalue weighted by Crippen LogP contribution is -2.34. The van der Waals surface area contributed by atoms with Crippen LogP contribution in [0.2, 0.25) is 0 Å². The van der Waals surface area contributed by atoms with Crippen LogP contribution in [0.4, 0.5) is 17.6 Å². The molecule has 0 aliphatic carbocycles. The Morgan fingerprint density at radius 1 is 1.50 bits per heavy atom. The zero-order chi connectivity index (χ0) is 13.9. The molecule has 5 nitrogen and oxygen atoms in total. The molecule has 0 bridgehead atoms. The molecule has 0 spiro atoms. The smallest absolute Gasteiger partial charge is 0.330 e. The summed E-state index contributed by atoms with van der Waals surface area (Å²) in [4.78, 5) is 0. The topological polar surface area (TPSA) is 66.0 Å². The summed E-state index contributed by atoms with van der Waals surface area (Å²) in [6, 6.07) is -0.798. The number of aromatic nitrogens is 3. The molecule has 0 amide bonds. The van der Waals surface area contributed by atoms with Gasteiger partial charge in [0.15, 0.2) is 4.60 Å². The van der Waals surface area contributed by atoms with Gasteiger partial charge in [0.2, 0.25) is 0 Å². The molecule has 1 atom stereocenters. The van der Waals surface area contributed by atoms with Crippen molar-refractivity contribution < 1.29 is 22.3 Å². The van der Waals surface area contributed by atoms with Gasteiger partial charge in [0.1, 0.15) is 6.61 Å². The lowest BCUT2D eigenvalue weighted by atomic mass is 10.2. The average molecular weight is 335 g/mol. The monoisotopic (exact) mass is 334 g/mol. The van der Waals surface area contributed by atoms with Gasteiger partial charge in [-0.05, 0) is 15.9 Å². The van der Waals surface area contributed by atoms with E-state index in [9.17, 15) is 17.6 Å². The Bertz CT molecular complexity index is 381. The maximum atomic E-state index is 12.5. The number of nitrogens with zero attached hydrogens (tertiary/aromatic N) is 3. The van der Waals surface area contributed by atoms with E-state index in [1.54, 1.807) is 7.05 Å². The molecule has 10 heteroatoms. The molecule has 1 aromatic rings. The van der Waals surface area contributed by atoms with E-state index in [0.29, 0.717) is 10.3 Å². The standard InChI is InChI=1S/C8H11BrF4N4O/c1-17-5(6(9)15-16-17)4(14)2-18-3-8(12,13)7(10)11/h4,7H,2-3,14H2,1H3. The normalized spacial score (nSPS) is 14.2. The van der Waals surface area contributed by atoms with E-state index in [2.05, 4.69) is 31.0 Å². The zero-order valence-corrected chi connectivity index (χ0v) is 10.9. The van der Waals surface area contributed by atoms with Crippen molar-refractivity contribution >= 4 is 15.9 Å². The van der Waals surface area contributed by atoms with E-state index in [0.717, 1.165) is 0 Å². The first kappa shape index (κ1) is 15.3. The summed E-state index contributed by atoms with van der Waals surface area (Å²) < 4.78 is 55.0. The third kappa shape index (κ3) is 3.62. The molecule has 0 saturated carbocycles.